The number of amides is 1. The fourth-order valence-electron chi connectivity index (χ4n) is 2.45. The maximum Gasteiger partial charge on any atom is 0.252 e. The minimum atomic E-state index is -0.784. The lowest BCUT2D eigenvalue weighted by Crippen LogP contribution is -2.53. The summed E-state index contributed by atoms with van der Waals surface area (Å²) in [6.45, 7) is 3.35. The molecule has 1 heterocycles. The zero-order valence-corrected chi connectivity index (χ0v) is 11.8. The summed E-state index contributed by atoms with van der Waals surface area (Å²) in [5.41, 5.74) is 0.411. The largest absolute Gasteiger partial charge is 0.508 e. The van der Waals surface area contributed by atoms with Gasteiger partial charge in [-0.2, -0.15) is 5.26 Å². The number of nitriles is 1. The third-order valence-corrected chi connectivity index (χ3v) is 3.86. The number of rotatable bonds is 2. The van der Waals surface area contributed by atoms with Gasteiger partial charge in [-0.15, -0.1) is 0 Å². The predicted molar refractivity (Wildman–Crippen MR) is 75.4 cm³/mol. The van der Waals surface area contributed by atoms with Crippen molar-refractivity contribution in [3.8, 4) is 11.8 Å². The molecule has 0 radical (unpaired) electrons. The third-order valence-electron chi connectivity index (χ3n) is 3.86. The maximum absolute atomic E-state index is 12.3. The fourth-order valence-corrected chi connectivity index (χ4v) is 2.45. The van der Waals surface area contributed by atoms with Crippen LogP contribution in [-0.2, 0) is 0 Å². The predicted octanol–water partition coefficient (Wildman–Crippen LogP) is 1.42. The number of phenols is 1. The van der Waals surface area contributed by atoms with Crippen molar-refractivity contribution in [3.63, 3.8) is 0 Å². The number of carbonyl (C=O) groups is 1. The Balaban J connectivity index is 2.16. The van der Waals surface area contributed by atoms with Crippen LogP contribution in [-0.4, -0.2) is 41.6 Å². The normalized spacial score (nSPS) is 18.2. The lowest BCUT2D eigenvalue weighted by Gasteiger charge is -2.36. The Kier molecular flexibility index (Phi) is 3.96. The summed E-state index contributed by atoms with van der Waals surface area (Å²) in [6, 6.07) is 6.87. The van der Waals surface area contributed by atoms with Gasteiger partial charge in [-0.1, -0.05) is 0 Å². The van der Waals surface area contributed by atoms with Gasteiger partial charge < -0.3 is 15.3 Å². The summed E-state index contributed by atoms with van der Waals surface area (Å²) in [4.78, 5) is 14.5. The molecule has 1 aromatic rings. The van der Waals surface area contributed by atoms with Crippen LogP contribution < -0.4 is 5.32 Å². The fraction of sp³-hybridized carbons (Fsp3) is 0.467. The van der Waals surface area contributed by atoms with Crippen molar-refractivity contribution in [1.29, 1.82) is 5.26 Å². The van der Waals surface area contributed by atoms with Crippen molar-refractivity contribution < 1.29 is 9.90 Å². The molecule has 0 aromatic heterocycles. The van der Waals surface area contributed by atoms with Gasteiger partial charge in [-0.25, -0.2) is 0 Å². The molecule has 5 nitrogen and oxygen atoms in total. The number of aryl methyl sites for hydroxylation is 1. The monoisotopic (exact) mass is 273 g/mol. The second-order valence-electron chi connectivity index (χ2n) is 5.45. The zero-order chi connectivity index (χ0) is 14.8. The van der Waals surface area contributed by atoms with Crippen molar-refractivity contribution in [2.24, 2.45) is 0 Å². The number of aromatic hydroxyl groups is 1. The van der Waals surface area contributed by atoms with Crippen LogP contribution in [0, 0.1) is 18.3 Å². The highest BCUT2D eigenvalue weighted by molar-refractivity contribution is 5.96. The Bertz CT molecular complexity index is 555. The quantitative estimate of drug-likeness (QED) is 0.854. The van der Waals surface area contributed by atoms with Crippen LogP contribution in [0.2, 0.25) is 0 Å². The van der Waals surface area contributed by atoms with Crippen LogP contribution in [0.5, 0.6) is 5.75 Å². The summed E-state index contributed by atoms with van der Waals surface area (Å²) in [6.07, 6.45) is 1.26. The molecule has 0 unspecified atom stereocenters. The molecule has 1 aliphatic heterocycles. The smallest absolute Gasteiger partial charge is 0.252 e. The van der Waals surface area contributed by atoms with E-state index in [4.69, 9.17) is 0 Å². The van der Waals surface area contributed by atoms with Crippen molar-refractivity contribution in [2.75, 3.05) is 20.1 Å². The Hall–Kier alpha value is -2.06. The molecule has 0 saturated carbocycles. The summed E-state index contributed by atoms with van der Waals surface area (Å²) in [5.74, 6) is -0.123. The molecule has 1 saturated heterocycles. The molecule has 2 N–H and O–H groups in total. The first-order valence-electron chi connectivity index (χ1n) is 6.68. The molecule has 0 spiro atoms. The van der Waals surface area contributed by atoms with Crippen LogP contribution in [0.15, 0.2) is 18.2 Å². The molecule has 1 fully saturated rings. The van der Waals surface area contributed by atoms with E-state index >= 15 is 0 Å². The Morgan fingerprint density at radius 1 is 1.45 bits per heavy atom. The van der Waals surface area contributed by atoms with Crippen molar-refractivity contribution >= 4 is 5.91 Å². The van der Waals surface area contributed by atoms with Gasteiger partial charge in [0.05, 0.1) is 6.07 Å². The highest BCUT2D eigenvalue weighted by Gasteiger charge is 2.35. The van der Waals surface area contributed by atoms with E-state index < -0.39 is 5.54 Å². The van der Waals surface area contributed by atoms with Crippen LogP contribution in [0.25, 0.3) is 0 Å². The standard InChI is InChI=1S/C15H19N3O2/c1-11-9-12(19)3-4-13(11)14(20)17-15(10-16)5-7-18(2)8-6-15/h3-4,9,19H,5-8H2,1-2H3,(H,17,20). The molecular weight excluding hydrogens is 254 g/mol. The number of hydrogen-bond donors (Lipinski definition) is 2. The van der Waals surface area contributed by atoms with E-state index in [2.05, 4.69) is 16.3 Å². The highest BCUT2D eigenvalue weighted by atomic mass is 16.3. The molecule has 5 heteroatoms. The van der Waals surface area contributed by atoms with Crippen molar-refractivity contribution in [1.82, 2.24) is 10.2 Å². The van der Waals surface area contributed by atoms with Crippen LogP contribution >= 0.6 is 0 Å². The number of nitrogens with one attached hydrogen (secondary N) is 1. The number of nitrogens with zero attached hydrogens (tertiary/aromatic N) is 2. The average Bonchev–Trinajstić information content (AvgIpc) is 2.41. The molecule has 1 aliphatic rings. The van der Waals surface area contributed by atoms with E-state index in [-0.39, 0.29) is 11.7 Å². The topological polar surface area (TPSA) is 76.4 Å². The molecule has 0 bridgehead atoms. The molecule has 1 amide bonds. The minimum absolute atomic E-state index is 0.133. The lowest BCUT2D eigenvalue weighted by molar-refractivity contribution is 0.0881. The van der Waals surface area contributed by atoms with Crippen LogP contribution in [0.1, 0.15) is 28.8 Å². The maximum atomic E-state index is 12.3. The second kappa shape index (κ2) is 5.51. The van der Waals surface area contributed by atoms with E-state index in [0.29, 0.717) is 24.0 Å². The first-order chi connectivity index (χ1) is 9.46. The van der Waals surface area contributed by atoms with E-state index in [1.54, 1.807) is 19.1 Å². The average molecular weight is 273 g/mol. The molecule has 106 valence electrons. The van der Waals surface area contributed by atoms with E-state index in [9.17, 15) is 15.2 Å². The van der Waals surface area contributed by atoms with Gasteiger partial charge in [-0.05, 0) is 50.6 Å². The third kappa shape index (κ3) is 2.91. The molecular formula is C15H19N3O2. The Morgan fingerprint density at radius 2 is 2.10 bits per heavy atom. The number of phenolic OH excluding ortho intramolecular Hbond substituents is 1. The summed E-state index contributed by atoms with van der Waals surface area (Å²) < 4.78 is 0. The molecule has 0 atom stereocenters. The van der Waals surface area contributed by atoms with Crippen molar-refractivity contribution in [3.05, 3.63) is 29.3 Å². The molecule has 1 aromatic carbocycles. The first-order valence-corrected chi connectivity index (χ1v) is 6.68. The molecule has 0 aliphatic carbocycles. The van der Waals surface area contributed by atoms with Gasteiger partial charge >= 0.3 is 0 Å². The Morgan fingerprint density at radius 3 is 2.65 bits per heavy atom. The SMILES string of the molecule is Cc1cc(O)ccc1C(=O)NC1(C#N)CCN(C)CC1. The summed E-state index contributed by atoms with van der Waals surface area (Å²) in [7, 11) is 2.01. The number of likely N-dealkylation sites (tertiary alicyclic amines) is 1. The van der Waals surface area contributed by atoms with Gasteiger partial charge in [0.25, 0.3) is 5.91 Å². The number of carbonyl (C=O) groups excluding carboxylic acids is 1. The van der Waals surface area contributed by atoms with Gasteiger partial charge in [0.2, 0.25) is 0 Å². The first kappa shape index (κ1) is 14.4. The summed E-state index contributed by atoms with van der Waals surface area (Å²) >= 11 is 0. The van der Waals surface area contributed by atoms with Crippen LogP contribution in [0.4, 0.5) is 0 Å². The van der Waals surface area contributed by atoms with Gasteiger partial charge in [0.1, 0.15) is 11.3 Å². The Labute approximate surface area is 118 Å². The highest BCUT2D eigenvalue weighted by Crippen LogP contribution is 2.22. The zero-order valence-electron chi connectivity index (χ0n) is 11.8. The van der Waals surface area contributed by atoms with Gasteiger partial charge in [0, 0.05) is 18.7 Å². The molecule has 2 rings (SSSR count). The minimum Gasteiger partial charge on any atom is -0.508 e. The van der Waals surface area contributed by atoms with Gasteiger partial charge in [-0.3, -0.25) is 4.79 Å². The summed E-state index contributed by atoms with van der Waals surface area (Å²) in [5, 5.41) is 21.7. The number of piperidine rings is 1. The number of hydrogen-bond acceptors (Lipinski definition) is 4. The van der Waals surface area contributed by atoms with E-state index in [1.807, 2.05) is 7.05 Å². The molecule has 20 heavy (non-hydrogen) atoms. The van der Waals surface area contributed by atoms with Crippen molar-refractivity contribution in [2.45, 2.75) is 25.3 Å². The lowest BCUT2D eigenvalue weighted by atomic mass is 9.88. The number of benzene rings is 1. The van der Waals surface area contributed by atoms with Crippen LogP contribution in [0.3, 0.4) is 0 Å². The van der Waals surface area contributed by atoms with E-state index in [0.717, 1.165) is 13.1 Å². The second-order valence-corrected chi connectivity index (χ2v) is 5.45. The van der Waals surface area contributed by atoms with E-state index in [1.165, 1.54) is 6.07 Å². The van der Waals surface area contributed by atoms with Gasteiger partial charge in [0.15, 0.2) is 0 Å².